The molecule has 5 heteroatoms. The molecule has 2 N–H and O–H groups in total. The fourth-order valence-corrected chi connectivity index (χ4v) is 2.58. The summed E-state index contributed by atoms with van der Waals surface area (Å²) in [5, 5.41) is 16.1. The van der Waals surface area contributed by atoms with Crippen molar-refractivity contribution in [1.29, 1.82) is 0 Å². The van der Waals surface area contributed by atoms with Crippen LogP contribution in [0.25, 0.3) is 10.8 Å². The maximum Gasteiger partial charge on any atom is 0.277 e. The van der Waals surface area contributed by atoms with Crippen LogP contribution in [0.1, 0.15) is 18.1 Å². The molecule has 0 heterocycles. The number of phenols is 1. The summed E-state index contributed by atoms with van der Waals surface area (Å²) >= 11 is 0. The summed E-state index contributed by atoms with van der Waals surface area (Å²) in [5.74, 6) is 0.374. The minimum Gasteiger partial charge on any atom is -0.507 e. The van der Waals surface area contributed by atoms with Crippen molar-refractivity contribution in [2.45, 2.75) is 13.8 Å². The van der Waals surface area contributed by atoms with Crippen molar-refractivity contribution in [2.24, 2.45) is 5.10 Å². The van der Waals surface area contributed by atoms with Crippen LogP contribution in [-0.4, -0.2) is 23.3 Å². The minimum absolute atomic E-state index is 0.124. The summed E-state index contributed by atoms with van der Waals surface area (Å²) in [7, 11) is 0. The van der Waals surface area contributed by atoms with Crippen LogP contribution in [0.2, 0.25) is 0 Å². The van der Waals surface area contributed by atoms with Crippen LogP contribution in [0.4, 0.5) is 0 Å². The second-order valence-electron chi connectivity index (χ2n) is 6.05. The molecule has 0 fully saturated rings. The van der Waals surface area contributed by atoms with E-state index in [4.69, 9.17) is 4.74 Å². The molecule has 132 valence electrons. The van der Waals surface area contributed by atoms with Gasteiger partial charge < -0.3 is 9.84 Å². The van der Waals surface area contributed by atoms with Crippen LogP contribution in [0.5, 0.6) is 11.5 Å². The maximum absolute atomic E-state index is 12.0. The number of hydrazone groups is 1. The van der Waals surface area contributed by atoms with Crippen molar-refractivity contribution in [3.05, 3.63) is 71.8 Å². The first kappa shape index (κ1) is 17.5. The van der Waals surface area contributed by atoms with Gasteiger partial charge in [-0.3, -0.25) is 4.79 Å². The van der Waals surface area contributed by atoms with E-state index in [0.717, 1.165) is 16.3 Å². The number of aryl methyl sites for hydroxylation is 1. The normalized spacial score (nSPS) is 11.4. The lowest BCUT2D eigenvalue weighted by Gasteiger charge is -2.08. The van der Waals surface area contributed by atoms with E-state index in [2.05, 4.69) is 10.5 Å². The monoisotopic (exact) mass is 348 g/mol. The molecule has 5 nitrogen and oxygen atoms in total. The first-order chi connectivity index (χ1) is 12.5. The van der Waals surface area contributed by atoms with Gasteiger partial charge in [-0.05, 0) is 48.9 Å². The van der Waals surface area contributed by atoms with E-state index < -0.39 is 0 Å². The lowest BCUT2D eigenvalue weighted by atomic mass is 10.1. The third kappa shape index (κ3) is 4.19. The van der Waals surface area contributed by atoms with E-state index in [-0.39, 0.29) is 18.3 Å². The van der Waals surface area contributed by atoms with Crippen molar-refractivity contribution >= 4 is 22.4 Å². The van der Waals surface area contributed by atoms with Gasteiger partial charge in [0.05, 0.1) is 5.71 Å². The summed E-state index contributed by atoms with van der Waals surface area (Å²) in [6.45, 7) is 3.50. The summed E-state index contributed by atoms with van der Waals surface area (Å²) in [6.07, 6.45) is 0. The van der Waals surface area contributed by atoms with Crippen LogP contribution in [0, 0.1) is 6.92 Å². The van der Waals surface area contributed by atoms with Gasteiger partial charge in [-0.25, -0.2) is 5.43 Å². The number of phenolic OH excluding ortho intramolecular Hbond substituents is 1. The third-order valence-electron chi connectivity index (χ3n) is 3.98. The number of amides is 1. The number of carbonyl (C=O) groups excluding carboxylic acids is 1. The van der Waals surface area contributed by atoms with E-state index in [1.807, 2.05) is 61.5 Å². The molecule has 0 radical (unpaired) electrons. The average Bonchev–Trinajstić information content (AvgIpc) is 2.66. The number of hydrogen-bond acceptors (Lipinski definition) is 4. The summed E-state index contributed by atoms with van der Waals surface area (Å²) in [4.78, 5) is 12.0. The number of fused-ring (bicyclic) bond motifs is 1. The molecule has 0 saturated carbocycles. The van der Waals surface area contributed by atoms with Gasteiger partial charge in [0.1, 0.15) is 11.5 Å². The number of carbonyl (C=O) groups is 1. The fourth-order valence-electron chi connectivity index (χ4n) is 2.58. The van der Waals surface area contributed by atoms with Crippen molar-refractivity contribution in [3.8, 4) is 11.5 Å². The van der Waals surface area contributed by atoms with Gasteiger partial charge in [0.15, 0.2) is 6.61 Å². The second-order valence-corrected chi connectivity index (χ2v) is 6.05. The Morgan fingerprint density at radius 2 is 1.85 bits per heavy atom. The van der Waals surface area contributed by atoms with Crippen LogP contribution < -0.4 is 10.2 Å². The van der Waals surface area contributed by atoms with E-state index >= 15 is 0 Å². The highest BCUT2D eigenvalue weighted by Crippen LogP contribution is 2.20. The molecule has 0 bridgehead atoms. The van der Waals surface area contributed by atoms with Gasteiger partial charge in [0, 0.05) is 5.56 Å². The van der Waals surface area contributed by atoms with Crippen molar-refractivity contribution in [1.82, 2.24) is 5.43 Å². The Morgan fingerprint density at radius 3 is 2.65 bits per heavy atom. The molecule has 26 heavy (non-hydrogen) atoms. The molecule has 0 aromatic heterocycles. The number of ether oxygens (including phenoxy) is 1. The van der Waals surface area contributed by atoms with Crippen LogP contribution in [0.15, 0.2) is 65.8 Å². The van der Waals surface area contributed by atoms with Crippen LogP contribution >= 0.6 is 0 Å². The molecule has 3 aromatic carbocycles. The molecular formula is C21H20N2O3. The van der Waals surface area contributed by atoms with E-state index in [1.165, 1.54) is 0 Å². The predicted octanol–water partition coefficient (Wildman–Crippen LogP) is 3.77. The van der Waals surface area contributed by atoms with Gasteiger partial charge in [-0.15, -0.1) is 0 Å². The Bertz CT molecular complexity index is 980. The van der Waals surface area contributed by atoms with Crippen LogP contribution in [0.3, 0.4) is 0 Å². The molecule has 0 aliphatic carbocycles. The first-order valence-electron chi connectivity index (χ1n) is 8.27. The molecule has 0 unspecified atom stereocenters. The standard InChI is InChI=1S/C21H20N2O3/c1-14-7-10-20(24)19(11-14)15(2)22-23-21(25)13-26-18-9-8-16-5-3-4-6-17(16)12-18/h3-12,24H,13H2,1-2H3,(H,23,25)/b22-15+. The maximum atomic E-state index is 12.0. The number of nitrogens with one attached hydrogen (secondary N) is 1. The molecule has 3 rings (SSSR count). The highest BCUT2D eigenvalue weighted by atomic mass is 16.5. The summed E-state index contributed by atoms with van der Waals surface area (Å²) in [5.41, 5.74) is 4.55. The van der Waals surface area contributed by atoms with Crippen LogP contribution in [-0.2, 0) is 4.79 Å². The van der Waals surface area contributed by atoms with E-state index in [0.29, 0.717) is 17.0 Å². The minimum atomic E-state index is -0.371. The SMILES string of the molecule is C/C(=N\NC(=O)COc1ccc2ccccc2c1)c1cc(C)ccc1O. The Balaban J connectivity index is 1.60. The zero-order chi connectivity index (χ0) is 18.5. The highest BCUT2D eigenvalue weighted by molar-refractivity contribution is 6.01. The smallest absolute Gasteiger partial charge is 0.277 e. The largest absolute Gasteiger partial charge is 0.507 e. The predicted molar refractivity (Wildman–Crippen MR) is 103 cm³/mol. The zero-order valence-corrected chi connectivity index (χ0v) is 14.7. The topological polar surface area (TPSA) is 70.9 Å². The average molecular weight is 348 g/mol. The third-order valence-corrected chi connectivity index (χ3v) is 3.98. The van der Waals surface area contributed by atoms with Gasteiger partial charge in [0.2, 0.25) is 0 Å². The molecule has 0 spiro atoms. The summed E-state index contributed by atoms with van der Waals surface area (Å²) in [6, 6.07) is 18.8. The Kier molecular flexibility index (Phi) is 5.17. The lowest BCUT2D eigenvalue weighted by Crippen LogP contribution is -2.25. The second kappa shape index (κ2) is 7.70. The number of nitrogens with zero attached hydrogens (tertiary/aromatic N) is 1. The summed E-state index contributed by atoms with van der Waals surface area (Å²) < 4.78 is 5.53. The molecule has 1 amide bonds. The van der Waals surface area contributed by atoms with Crippen molar-refractivity contribution in [2.75, 3.05) is 6.61 Å². The Labute approximate surface area is 151 Å². The highest BCUT2D eigenvalue weighted by Gasteiger charge is 2.07. The molecular weight excluding hydrogens is 328 g/mol. The van der Waals surface area contributed by atoms with E-state index in [9.17, 15) is 9.90 Å². The Morgan fingerprint density at radius 1 is 1.08 bits per heavy atom. The van der Waals surface area contributed by atoms with E-state index in [1.54, 1.807) is 13.0 Å². The van der Waals surface area contributed by atoms with Gasteiger partial charge in [0.25, 0.3) is 5.91 Å². The van der Waals surface area contributed by atoms with Gasteiger partial charge >= 0.3 is 0 Å². The van der Waals surface area contributed by atoms with Crippen molar-refractivity contribution < 1.29 is 14.6 Å². The molecule has 0 saturated heterocycles. The first-order valence-corrected chi connectivity index (χ1v) is 8.27. The lowest BCUT2D eigenvalue weighted by molar-refractivity contribution is -0.123. The fraction of sp³-hybridized carbons (Fsp3) is 0.143. The van der Waals surface area contributed by atoms with Crippen molar-refractivity contribution in [3.63, 3.8) is 0 Å². The molecule has 0 atom stereocenters. The van der Waals surface area contributed by atoms with Gasteiger partial charge in [-0.1, -0.05) is 42.0 Å². The Hall–Kier alpha value is -3.34. The molecule has 0 aliphatic rings. The number of hydrogen-bond donors (Lipinski definition) is 2. The number of aromatic hydroxyl groups is 1. The number of benzene rings is 3. The number of rotatable bonds is 5. The molecule has 3 aromatic rings. The van der Waals surface area contributed by atoms with Gasteiger partial charge in [-0.2, -0.15) is 5.10 Å². The quantitative estimate of drug-likeness (QED) is 0.545. The zero-order valence-electron chi connectivity index (χ0n) is 14.7. The molecule has 0 aliphatic heterocycles.